The summed E-state index contributed by atoms with van der Waals surface area (Å²) in [5.41, 5.74) is 0.406. The normalized spacial score (nSPS) is 34.7. The molecule has 1 atom stereocenters. The molecule has 3 aliphatic rings. The van der Waals surface area contributed by atoms with Gasteiger partial charge >= 0.3 is 0 Å². The van der Waals surface area contributed by atoms with Gasteiger partial charge in [0.05, 0.1) is 0 Å². The molecule has 0 amide bonds. The van der Waals surface area contributed by atoms with Gasteiger partial charge in [0.1, 0.15) is 0 Å². The van der Waals surface area contributed by atoms with E-state index in [0.29, 0.717) is 5.54 Å². The molecule has 2 aliphatic heterocycles. The van der Waals surface area contributed by atoms with Crippen LogP contribution in [0.15, 0.2) is 0 Å². The van der Waals surface area contributed by atoms with Gasteiger partial charge < -0.3 is 5.32 Å². The minimum Gasteiger partial charge on any atom is -0.314 e. The van der Waals surface area contributed by atoms with Crippen LogP contribution in [0.25, 0.3) is 0 Å². The summed E-state index contributed by atoms with van der Waals surface area (Å²) in [6, 6.07) is 1.72. The Kier molecular flexibility index (Phi) is 4.16. The lowest BCUT2D eigenvalue weighted by Gasteiger charge is -2.51. The molecule has 2 heterocycles. The lowest BCUT2D eigenvalue weighted by Crippen LogP contribution is -2.60. The molecule has 0 bridgehead atoms. The second kappa shape index (κ2) is 5.71. The fraction of sp³-hybridized carbons (Fsp3) is 1.00. The highest BCUT2D eigenvalue weighted by atomic mass is 15.3. The van der Waals surface area contributed by atoms with Crippen molar-refractivity contribution in [3.05, 3.63) is 0 Å². The SMILES string of the molecule is CC1(C)CC(N2CCNCC2)CCN1C1CCCC1. The molecule has 3 rings (SSSR count). The molecule has 3 heteroatoms. The van der Waals surface area contributed by atoms with E-state index in [1.807, 2.05) is 0 Å². The van der Waals surface area contributed by atoms with E-state index in [-0.39, 0.29) is 0 Å². The monoisotopic (exact) mass is 265 g/mol. The van der Waals surface area contributed by atoms with Crippen molar-refractivity contribution in [1.82, 2.24) is 15.1 Å². The Bertz CT molecular complexity index is 290. The van der Waals surface area contributed by atoms with Gasteiger partial charge in [0, 0.05) is 50.3 Å². The molecular weight excluding hydrogens is 234 g/mol. The molecule has 1 aliphatic carbocycles. The van der Waals surface area contributed by atoms with Crippen LogP contribution in [-0.2, 0) is 0 Å². The first-order valence-electron chi connectivity index (χ1n) is 8.38. The zero-order chi connectivity index (χ0) is 13.3. The zero-order valence-electron chi connectivity index (χ0n) is 12.8. The maximum absolute atomic E-state index is 3.48. The number of rotatable bonds is 2. The zero-order valence-corrected chi connectivity index (χ0v) is 12.8. The van der Waals surface area contributed by atoms with Gasteiger partial charge in [-0.15, -0.1) is 0 Å². The highest BCUT2D eigenvalue weighted by molar-refractivity contribution is 4.97. The minimum atomic E-state index is 0.406. The molecule has 1 unspecified atom stereocenters. The third-order valence-corrected chi connectivity index (χ3v) is 5.65. The number of nitrogens with zero attached hydrogens (tertiary/aromatic N) is 2. The Morgan fingerprint density at radius 3 is 2.21 bits per heavy atom. The Morgan fingerprint density at radius 1 is 0.895 bits per heavy atom. The summed E-state index contributed by atoms with van der Waals surface area (Å²) >= 11 is 0. The number of piperazine rings is 1. The summed E-state index contributed by atoms with van der Waals surface area (Å²) in [5.74, 6) is 0. The average Bonchev–Trinajstić information content (AvgIpc) is 2.92. The van der Waals surface area contributed by atoms with Crippen molar-refractivity contribution in [3.63, 3.8) is 0 Å². The third-order valence-electron chi connectivity index (χ3n) is 5.65. The largest absolute Gasteiger partial charge is 0.314 e. The Hall–Kier alpha value is -0.120. The topological polar surface area (TPSA) is 18.5 Å². The van der Waals surface area contributed by atoms with Gasteiger partial charge in [-0.25, -0.2) is 0 Å². The summed E-state index contributed by atoms with van der Waals surface area (Å²) in [6.07, 6.45) is 8.56. The molecule has 0 radical (unpaired) electrons. The van der Waals surface area contributed by atoms with Crippen molar-refractivity contribution in [2.45, 2.75) is 70.0 Å². The molecule has 0 aromatic carbocycles. The fourth-order valence-corrected chi connectivity index (χ4v) is 4.64. The van der Waals surface area contributed by atoms with E-state index in [2.05, 4.69) is 29.0 Å². The summed E-state index contributed by atoms with van der Waals surface area (Å²) in [6.45, 7) is 11.2. The first kappa shape index (κ1) is 13.8. The van der Waals surface area contributed by atoms with Crippen LogP contribution >= 0.6 is 0 Å². The Morgan fingerprint density at radius 2 is 1.58 bits per heavy atom. The Balaban J connectivity index is 1.61. The smallest absolute Gasteiger partial charge is 0.0171 e. The van der Waals surface area contributed by atoms with Crippen LogP contribution in [0, 0.1) is 0 Å². The van der Waals surface area contributed by atoms with Crippen molar-refractivity contribution >= 4 is 0 Å². The van der Waals surface area contributed by atoms with E-state index >= 15 is 0 Å². The van der Waals surface area contributed by atoms with Gasteiger partial charge in [-0.05, 0) is 39.5 Å². The third kappa shape index (κ3) is 2.98. The summed E-state index contributed by atoms with van der Waals surface area (Å²) in [5, 5.41) is 3.48. The quantitative estimate of drug-likeness (QED) is 0.825. The molecule has 19 heavy (non-hydrogen) atoms. The van der Waals surface area contributed by atoms with Gasteiger partial charge in [-0.1, -0.05) is 12.8 Å². The predicted octanol–water partition coefficient (Wildman–Crippen LogP) is 2.08. The molecular formula is C16H31N3. The molecule has 0 spiro atoms. The molecule has 1 N–H and O–H groups in total. The summed E-state index contributed by atoms with van der Waals surface area (Å²) in [4.78, 5) is 5.59. The second-order valence-corrected chi connectivity index (χ2v) is 7.38. The molecule has 110 valence electrons. The highest BCUT2D eigenvalue weighted by Gasteiger charge is 2.40. The van der Waals surface area contributed by atoms with Crippen molar-refractivity contribution < 1.29 is 0 Å². The van der Waals surface area contributed by atoms with E-state index in [1.165, 1.54) is 71.2 Å². The maximum atomic E-state index is 3.48. The van der Waals surface area contributed by atoms with E-state index in [1.54, 1.807) is 0 Å². The highest BCUT2D eigenvalue weighted by Crippen LogP contribution is 2.36. The summed E-state index contributed by atoms with van der Waals surface area (Å²) < 4.78 is 0. The molecule has 0 aromatic rings. The number of hydrogen-bond acceptors (Lipinski definition) is 3. The number of nitrogens with one attached hydrogen (secondary N) is 1. The van der Waals surface area contributed by atoms with Crippen LogP contribution in [0.3, 0.4) is 0 Å². The first-order chi connectivity index (χ1) is 9.17. The van der Waals surface area contributed by atoms with Crippen LogP contribution in [0.2, 0.25) is 0 Å². The van der Waals surface area contributed by atoms with Gasteiger partial charge in [-0.2, -0.15) is 0 Å². The lowest BCUT2D eigenvalue weighted by atomic mass is 9.84. The first-order valence-corrected chi connectivity index (χ1v) is 8.38. The summed E-state index contributed by atoms with van der Waals surface area (Å²) in [7, 11) is 0. The van der Waals surface area contributed by atoms with Crippen LogP contribution in [0.1, 0.15) is 52.4 Å². The van der Waals surface area contributed by atoms with Crippen molar-refractivity contribution in [2.24, 2.45) is 0 Å². The van der Waals surface area contributed by atoms with Gasteiger partial charge in [-0.3, -0.25) is 9.80 Å². The number of hydrogen-bond donors (Lipinski definition) is 1. The molecule has 2 saturated heterocycles. The Labute approximate surface area is 118 Å². The molecule has 3 fully saturated rings. The van der Waals surface area contributed by atoms with Crippen molar-refractivity contribution in [2.75, 3.05) is 32.7 Å². The standard InChI is InChI=1S/C16H31N3/c1-16(2)13-15(18-11-8-17-9-12-18)7-10-19(16)14-5-3-4-6-14/h14-15,17H,3-13H2,1-2H3. The van der Waals surface area contributed by atoms with Crippen LogP contribution in [0.4, 0.5) is 0 Å². The molecule has 0 aromatic heterocycles. The molecule has 1 saturated carbocycles. The number of likely N-dealkylation sites (tertiary alicyclic amines) is 1. The van der Waals surface area contributed by atoms with E-state index in [0.717, 1.165) is 12.1 Å². The van der Waals surface area contributed by atoms with E-state index in [9.17, 15) is 0 Å². The number of piperidine rings is 1. The van der Waals surface area contributed by atoms with Gasteiger partial charge in [0.2, 0.25) is 0 Å². The van der Waals surface area contributed by atoms with Crippen LogP contribution < -0.4 is 5.32 Å². The maximum Gasteiger partial charge on any atom is 0.0171 e. The van der Waals surface area contributed by atoms with Crippen LogP contribution in [-0.4, -0.2) is 60.1 Å². The van der Waals surface area contributed by atoms with Crippen molar-refractivity contribution in [1.29, 1.82) is 0 Å². The fourth-order valence-electron chi connectivity index (χ4n) is 4.64. The minimum absolute atomic E-state index is 0.406. The van der Waals surface area contributed by atoms with E-state index in [4.69, 9.17) is 0 Å². The van der Waals surface area contributed by atoms with E-state index < -0.39 is 0 Å². The van der Waals surface area contributed by atoms with Gasteiger partial charge in [0.15, 0.2) is 0 Å². The van der Waals surface area contributed by atoms with Crippen molar-refractivity contribution in [3.8, 4) is 0 Å². The second-order valence-electron chi connectivity index (χ2n) is 7.38. The van der Waals surface area contributed by atoms with Crippen LogP contribution in [0.5, 0.6) is 0 Å². The predicted molar refractivity (Wildman–Crippen MR) is 80.5 cm³/mol. The molecule has 3 nitrogen and oxygen atoms in total. The lowest BCUT2D eigenvalue weighted by molar-refractivity contribution is -0.0119. The average molecular weight is 265 g/mol. The van der Waals surface area contributed by atoms with Gasteiger partial charge in [0.25, 0.3) is 0 Å².